The fraction of sp³-hybridized carbons (Fsp3) is 0.429. The molecule has 19 heavy (non-hydrogen) atoms. The van der Waals surface area contributed by atoms with Crippen molar-refractivity contribution in [2.45, 2.75) is 25.3 Å². The molecule has 0 amide bonds. The summed E-state index contributed by atoms with van der Waals surface area (Å²) < 4.78 is 6.83. The smallest absolute Gasteiger partial charge is 0.261 e. The summed E-state index contributed by atoms with van der Waals surface area (Å²) in [5.74, 6) is 0.750. The van der Waals surface area contributed by atoms with Crippen LogP contribution in [0, 0.1) is 0 Å². The lowest BCUT2D eigenvalue weighted by Gasteiger charge is -2.28. The fourth-order valence-electron chi connectivity index (χ4n) is 2.31. The Kier molecular flexibility index (Phi) is 3.92. The summed E-state index contributed by atoms with van der Waals surface area (Å²) in [5.41, 5.74) is 0.100. The summed E-state index contributed by atoms with van der Waals surface area (Å²) in [5, 5.41) is 0.598. The summed E-state index contributed by atoms with van der Waals surface area (Å²) in [7, 11) is 1.61. The van der Waals surface area contributed by atoms with Gasteiger partial charge in [-0.3, -0.25) is 9.36 Å². The first kappa shape index (κ1) is 14.0. The third-order valence-corrected chi connectivity index (χ3v) is 3.31. The first-order valence-corrected chi connectivity index (χ1v) is 6.61. The predicted molar refractivity (Wildman–Crippen MR) is 76.8 cm³/mol. The predicted octanol–water partition coefficient (Wildman–Crippen LogP) is 2.52. The van der Waals surface area contributed by atoms with E-state index >= 15 is 0 Å². The molecule has 0 saturated heterocycles. The minimum absolute atomic E-state index is 0.0803. The molecule has 0 aliphatic rings. The SMILES string of the molecule is COCC(C)(C)n1c(CCl)nc2ccccc2c1=O. The lowest BCUT2D eigenvalue weighted by atomic mass is 10.1. The van der Waals surface area contributed by atoms with E-state index in [0.717, 1.165) is 0 Å². The molecule has 0 aliphatic heterocycles. The molecule has 2 rings (SSSR count). The van der Waals surface area contributed by atoms with Crippen LogP contribution in [0.4, 0.5) is 0 Å². The van der Waals surface area contributed by atoms with Crippen LogP contribution in [-0.4, -0.2) is 23.3 Å². The van der Waals surface area contributed by atoms with Crippen molar-refractivity contribution in [3.05, 3.63) is 40.4 Å². The second-order valence-electron chi connectivity index (χ2n) is 5.06. The molecule has 0 atom stereocenters. The number of halogens is 1. The van der Waals surface area contributed by atoms with Gasteiger partial charge in [-0.25, -0.2) is 4.98 Å². The first-order valence-electron chi connectivity index (χ1n) is 6.07. The average Bonchev–Trinajstić information content (AvgIpc) is 2.38. The van der Waals surface area contributed by atoms with Crippen LogP contribution < -0.4 is 5.56 Å². The highest BCUT2D eigenvalue weighted by atomic mass is 35.5. The van der Waals surface area contributed by atoms with E-state index in [0.29, 0.717) is 23.3 Å². The van der Waals surface area contributed by atoms with Gasteiger partial charge in [-0.1, -0.05) is 12.1 Å². The van der Waals surface area contributed by atoms with Crippen LogP contribution in [0.2, 0.25) is 0 Å². The van der Waals surface area contributed by atoms with Gasteiger partial charge in [0.15, 0.2) is 0 Å². The highest BCUT2D eigenvalue weighted by Crippen LogP contribution is 2.18. The quantitative estimate of drug-likeness (QED) is 0.809. The lowest BCUT2D eigenvalue weighted by Crippen LogP contribution is -2.42. The van der Waals surface area contributed by atoms with E-state index in [1.54, 1.807) is 17.7 Å². The number of hydrogen-bond donors (Lipinski definition) is 0. The van der Waals surface area contributed by atoms with Crippen molar-refractivity contribution in [2.24, 2.45) is 0 Å². The van der Waals surface area contributed by atoms with Gasteiger partial charge in [-0.05, 0) is 26.0 Å². The molecule has 0 unspecified atom stereocenters. The van der Waals surface area contributed by atoms with Gasteiger partial charge < -0.3 is 4.74 Å². The number of benzene rings is 1. The molecule has 0 saturated carbocycles. The van der Waals surface area contributed by atoms with Crippen molar-refractivity contribution in [1.82, 2.24) is 9.55 Å². The number of aromatic nitrogens is 2. The van der Waals surface area contributed by atoms with Gasteiger partial charge in [0.25, 0.3) is 5.56 Å². The molecule has 0 spiro atoms. The number of hydrogen-bond acceptors (Lipinski definition) is 3. The van der Waals surface area contributed by atoms with Gasteiger partial charge in [0.1, 0.15) is 5.82 Å². The summed E-state index contributed by atoms with van der Waals surface area (Å²) >= 11 is 5.95. The maximum atomic E-state index is 12.6. The second kappa shape index (κ2) is 5.31. The van der Waals surface area contributed by atoms with E-state index in [-0.39, 0.29) is 11.4 Å². The van der Waals surface area contributed by atoms with Crippen LogP contribution in [0.3, 0.4) is 0 Å². The van der Waals surface area contributed by atoms with Crippen molar-refractivity contribution in [2.75, 3.05) is 13.7 Å². The van der Waals surface area contributed by atoms with Crippen LogP contribution in [0.15, 0.2) is 29.1 Å². The molecule has 0 N–H and O–H groups in total. The molecule has 1 heterocycles. The Hall–Kier alpha value is -1.39. The van der Waals surface area contributed by atoms with E-state index in [9.17, 15) is 4.79 Å². The van der Waals surface area contributed by atoms with E-state index < -0.39 is 5.54 Å². The van der Waals surface area contributed by atoms with Crippen LogP contribution >= 0.6 is 11.6 Å². The molecule has 2 aromatic rings. The molecule has 1 aromatic carbocycles. The maximum absolute atomic E-state index is 12.6. The van der Waals surface area contributed by atoms with Gasteiger partial charge in [-0.15, -0.1) is 11.6 Å². The van der Waals surface area contributed by atoms with E-state index in [4.69, 9.17) is 16.3 Å². The number of rotatable bonds is 4. The molecule has 0 fully saturated rings. The Labute approximate surface area is 117 Å². The maximum Gasteiger partial charge on any atom is 0.261 e. The van der Waals surface area contributed by atoms with E-state index in [1.807, 2.05) is 32.0 Å². The Morgan fingerprint density at radius 2 is 2.05 bits per heavy atom. The van der Waals surface area contributed by atoms with Gasteiger partial charge in [0.05, 0.1) is 28.9 Å². The zero-order valence-corrected chi connectivity index (χ0v) is 12.1. The Morgan fingerprint density at radius 1 is 1.37 bits per heavy atom. The van der Waals surface area contributed by atoms with Crippen molar-refractivity contribution in [1.29, 1.82) is 0 Å². The van der Waals surface area contributed by atoms with Crippen molar-refractivity contribution in [3.63, 3.8) is 0 Å². The first-order chi connectivity index (χ1) is 9.01. The topological polar surface area (TPSA) is 44.1 Å². The summed E-state index contributed by atoms with van der Waals surface area (Å²) in [6.45, 7) is 4.28. The molecule has 1 aromatic heterocycles. The zero-order chi connectivity index (χ0) is 14.0. The Balaban J connectivity index is 2.79. The standard InChI is InChI=1S/C14H17ClN2O2/c1-14(2,9-19-3)17-12(8-15)16-11-7-5-4-6-10(11)13(17)18/h4-7H,8-9H2,1-3H3. The van der Waals surface area contributed by atoms with Gasteiger partial charge in [0.2, 0.25) is 0 Å². The largest absolute Gasteiger partial charge is 0.382 e. The minimum Gasteiger partial charge on any atom is -0.382 e. The molecule has 102 valence electrons. The summed E-state index contributed by atoms with van der Waals surface area (Å²) in [4.78, 5) is 17.1. The highest BCUT2D eigenvalue weighted by Gasteiger charge is 2.25. The van der Waals surface area contributed by atoms with E-state index in [2.05, 4.69) is 4.98 Å². The number of para-hydroxylation sites is 1. The molecule has 0 radical (unpaired) electrons. The Morgan fingerprint density at radius 3 is 2.68 bits per heavy atom. The summed E-state index contributed by atoms with van der Waals surface area (Å²) in [6, 6.07) is 7.29. The van der Waals surface area contributed by atoms with Crippen LogP contribution in [0.1, 0.15) is 19.7 Å². The van der Waals surface area contributed by atoms with Crippen molar-refractivity contribution < 1.29 is 4.74 Å². The highest BCUT2D eigenvalue weighted by molar-refractivity contribution is 6.16. The van der Waals surface area contributed by atoms with Crippen molar-refractivity contribution >= 4 is 22.5 Å². The molecule has 0 bridgehead atoms. The zero-order valence-electron chi connectivity index (χ0n) is 11.3. The van der Waals surface area contributed by atoms with Crippen molar-refractivity contribution in [3.8, 4) is 0 Å². The molecular formula is C14H17ClN2O2. The minimum atomic E-state index is -0.493. The van der Waals surface area contributed by atoms with Crippen LogP contribution in [-0.2, 0) is 16.2 Å². The molecular weight excluding hydrogens is 264 g/mol. The third-order valence-electron chi connectivity index (χ3n) is 3.07. The lowest BCUT2D eigenvalue weighted by molar-refractivity contribution is 0.105. The normalized spacial score (nSPS) is 12.0. The number of methoxy groups -OCH3 is 1. The number of alkyl halides is 1. The monoisotopic (exact) mass is 280 g/mol. The van der Waals surface area contributed by atoms with Gasteiger partial charge in [-0.2, -0.15) is 0 Å². The number of ether oxygens (including phenoxy) is 1. The molecule has 5 heteroatoms. The second-order valence-corrected chi connectivity index (χ2v) is 5.33. The van der Waals surface area contributed by atoms with E-state index in [1.165, 1.54) is 0 Å². The molecule has 4 nitrogen and oxygen atoms in total. The van der Waals surface area contributed by atoms with Gasteiger partial charge in [0, 0.05) is 7.11 Å². The van der Waals surface area contributed by atoms with Gasteiger partial charge >= 0.3 is 0 Å². The van der Waals surface area contributed by atoms with Crippen LogP contribution in [0.25, 0.3) is 10.9 Å². The molecule has 0 aliphatic carbocycles. The summed E-state index contributed by atoms with van der Waals surface area (Å²) in [6.07, 6.45) is 0. The number of fused-ring (bicyclic) bond motifs is 1. The average molecular weight is 281 g/mol. The third kappa shape index (κ3) is 2.51. The fourth-order valence-corrected chi connectivity index (χ4v) is 2.49. The van der Waals surface area contributed by atoms with Crippen LogP contribution in [0.5, 0.6) is 0 Å². The number of nitrogens with zero attached hydrogens (tertiary/aromatic N) is 2. The Bertz CT molecular complexity index is 649.